The molecule has 0 aliphatic heterocycles. The molecule has 2 nitrogen and oxygen atoms in total. The van der Waals surface area contributed by atoms with Gasteiger partial charge in [0.2, 0.25) is 0 Å². The summed E-state index contributed by atoms with van der Waals surface area (Å²) < 4.78 is 6.62. The second-order valence-corrected chi connectivity index (χ2v) is 19.2. The summed E-state index contributed by atoms with van der Waals surface area (Å²) in [6.07, 6.45) is 4.73. The largest absolute Gasteiger partial charge is 0.456 e. The summed E-state index contributed by atoms with van der Waals surface area (Å²) in [5.41, 5.74) is 19.6. The van der Waals surface area contributed by atoms with Crippen molar-refractivity contribution in [3.05, 3.63) is 233 Å². The predicted octanol–water partition coefficient (Wildman–Crippen LogP) is 15.6. The first-order valence-electron chi connectivity index (χ1n) is 22.6. The van der Waals surface area contributed by atoms with E-state index in [4.69, 9.17) is 4.42 Å². The fourth-order valence-electron chi connectivity index (χ4n) is 12.2. The van der Waals surface area contributed by atoms with Gasteiger partial charge >= 0.3 is 0 Å². The Balaban J connectivity index is 1.07. The number of hydrogen-bond donors (Lipinski definition) is 0. The number of furan rings is 1. The van der Waals surface area contributed by atoms with E-state index in [1.807, 2.05) is 0 Å². The highest BCUT2D eigenvalue weighted by molar-refractivity contribution is 6.05. The minimum atomic E-state index is -0.101. The van der Waals surface area contributed by atoms with Gasteiger partial charge in [-0.1, -0.05) is 166 Å². The van der Waals surface area contributed by atoms with Gasteiger partial charge in [0.05, 0.1) is 5.69 Å². The Morgan fingerprint density at radius 3 is 1.74 bits per heavy atom. The van der Waals surface area contributed by atoms with Crippen LogP contribution in [0.5, 0.6) is 0 Å². The lowest BCUT2D eigenvalue weighted by atomic mass is 9.66. The Kier molecular flexibility index (Phi) is 8.52. The molecular formula is C60H51NO. The molecule has 0 saturated heterocycles. The lowest BCUT2D eigenvalue weighted by Crippen LogP contribution is -2.34. The van der Waals surface area contributed by atoms with E-state index >= 15 is 0 Å². The van der Waals surface area contributed by atoms with Gasteiger partial charge in [-0.3, -0.25) is 0 Å². The van der Waals surface area contributed by atoms with Crippen LogP contribution in [-0.4, -0.2) is 0 Å². The molecule has 0 radical (unpaired) electrons. The fourth-order valence-corrected chi connectivity index (χ4v) is 12.2. The van der Waals surface area contributed by atoms with Crippen molar-refractivity contribution >= 4 is 39.0 Å². The summed E-state index contributed by atoms with van der Waals surface area (Å²) >= 11 is 0. The van der Waals surface area contributed by atoms with E-state index in [-0.39, 0.29) is 16.7 Å². The van der Waals surface area contributed by atoms with Crippen LogP contribution >= 0.6 is 0 Å². The van der Waals surface area contributed by atoms with E-state index in [0.29, 0.717) is 11.8 Å². The first-order valence-corrected chi connectivity index (χ1v) is 22.6. The van der Waals surface area contributed by atoms with Crippen molar-refractivity contribution in [2.75, 3.05) is 4.90 Å². The summed E-state index contributed by atoms with van der Waals surface area (Å²) in [6, 6.07) is 70.6. The molecule has 8 aromatic carbocycles. The molecule has 3 aliphatic rings. The highest BCUT2D eigenvalue weighted by atomic mass is 16.3. The molecule has 1 spiro atoms. The monoisotopic (exact) mass is 801 g/mol. The molecule has 62 heavy (non-hydrogen) atoms. The molecule has 4 atom stereocenters. The van der Waals surface area contributed by atoms with E-state index in [1.165, 1.54) is 85.2 Å². The second kappa shape index (κ2) is 14.2. The highest BCUT2D eigenvalue weighted by Crippen LogP contribution is 2.68. The minimum absolute atomic E-state index is 0.00446. The van der Waals surface area contributed by atoms with Crippen LogP contribution in [-0.2, 0) is 23.7 Å². The molecule has 0 bridgehead atoms. The molecule has 302 valence electrons. The quantitative estimate of drug-likeness (QED) is 0.149. The predicted molar refractivity (Wildman–Crippen MR) is 257 cm³/mol. The van der Waals surface area contributed by atoms with Gasteiger partial charge in [-0.05, 0) is 141 Å². The third kappa shape index (κ3) is 5.69. The number of benzene rings is 8. The van der Waals surface area contributed by atoms with Gasteiger partial charge in [0, 0.05) is 33.5 Å². The zero-order valence-corrected chi connectivity index (χ0v) is 35.8. The number of hydrogen-bond acceptors (Lipinski definition) is 2. The zero-order chi connectivity index (χ0) is 41.6. The molecule has 1 heterocycles. The number of rotatable bonds is 7. The molecule has 9 aromatic rings. The van der Waals surface area contributed by atoms with Crippen LogP contribution in [0.3, 0.4) is 0 Å². The molecule has 0 amide bonds. The summed E-state index contributed by atoms with van der Waals surface area (Å²) in [6.45, 7) is 6.84. The van der Waals surface area contributed by atoms with Gasteiger partial charge in [-0.2, -0.15) is 0 Å². The van der Waals surface area contributed by atoms with Crippen molar-refractivity contribution in [3.63, 3.8) is 0 Å². The van der Waals surface area contributed by atoms with E-state index in [9.17, 15) is 0 Å². The van der Waals surface area contributed by atoms with Crippen molar-refractivity contribution in [3.8, 4) is 11.1 Å². The van der Waals surface area contributed by atoms with Gasteiger partial charge in [-0.15, -0.1) is 0 Å². The van der Waals surface area contributed by atoms with Crippen LogP contribution in [0.15, 0.2) is 192 Å². The first kappa shape index (κ1) is 37.1. The Morgan fingerprint density at radius 1 is 0.516 bits per heavy atom. The summed E-state index contributed by atoms with van der Waals surface area (Å²) in [5.74, 6) is 1.08. The van der Waals surface area contributed by atoms with Crippen LogP contribution in [0, 0.1) is 11.8 Å². The van der Waals surface area contributed by atoms with Crippen molar-refractivity contribution < 1.29 is 4.42 Å². The third-order valence-corrected chi connectivity index (χ3v) is 14.9. The number of anilines is 3. The van der Waals surface area contributed by atoms with Crippen LogP contribution < -0.4 is 4.90 Å². The van der Waals surface area contributed by atoms with E-state index in [0.717, 1.165) is 24.0 Å². The number of para-hydroxylation sites is 3. The molecule has 1 fully saturated rings. The molecule has 3 aliphatic carbocycles. The summed E-state index contributed by atoms with van der Waals surface area (Å²) in [7, 11) is 0. The number of fused-ring (bicyclic) bond motifs is 5. The fraction of sp³-hybridized carbons (Fsp3) is 0.200. The second-order valence-electron chi connectivity index (χ2n) is 19.2. The van der Waals surface area contributed by atoms with Crippen LogP contribution in [0.2, 0.25) is 0 Å². The zero-order valence-electron chi connectivity index (χ0n) is 35.8. The average molecular weight is 802 g/mol. The molecule has 4 unspecified atom stereocenters. The molecule has 0 N–H and O–H groups in total. The maximum atomic E-state index is 6.62. The molecule has 1 saturated carbocycles. The van der Waals surface area contributed by atoms with Crippen LogP contribution in [0.25, 0.3) is 33.1 Å². The summed E-state index contributed by atoms with van der Waals surface area (Å²) in [4.78, 5) is 2.53. The van der Waals surface area contributed by atoms with Gasteiger partial charge in [0.1, 0.15) is 11.2 Å². The van der Waals surface area contributed by atoms with Crippen molar-refractivity contribution in [1.82, 2.24) is 0 Å². The highest BCUT2D eigenvalue weighted by Gasteiger charge is 2.62. The first-order chi connectivity index (χ1) is 30.4. The van der Waals surface area contributed by atoms with Gasteiger partial charge < -0.3 is 9.32 Å². The molecular weight excluding hydrogens is 751 g/mol. The van der Waals surface area contributed by atoms with Crippen LogP contribution in [0.1, 0.15) is 84.0 Å². The van der Waals surface area contributed by atoms with Crippen molar-refractivity contribution in [1.29, 1.82) is 0 Å². The summed E-state index contributed by atoms with van der Waals surface area (Å²) in [5, 5.41) is 2.33. The SMILES string of the molecule is CC(C)(C)c1ccc(-c2ccc(C(c3ccc4c(c3)oc3ccccc34)c3cccc4c3C35c6c(cccc6N(c6ccccc6)c6ccccc6)CC3CCC5C4)cc2)cc1. The van der Waals surface area contributed by atoms with E-state index in [2.05, 4.69) is 214 Å². The molecule has 12 rings (SSSR count). The Hall–Kier alpha value is -6.64. The molecule has 1 aromatic heterocycles. The Bertz CT molecular complexity index is 3070. The number of nitrogens with zero attached hydrogens (tertiary/aromatic N) is 1. The topological polar surface area (TPSA) is 16.4 Å². The van der Waals surface area contributed by atoms with Gasteiger partial charge in [-0.25, -0.2) is 0 Å². The lowest BCUT2D eigenvalue weighted by molar-refractivity contribution is 0.347. The Morgan fingerprint density at radius 2 is 1.08 bits per heavy atom. The molecule has 2 heteroatoms. The maximum absolute atomic E-state index is 6.62. The van der Waals surface area contributed by atoms with Crippen LogP contribution in [0.4, 0.5) is 17.1 Å². The average Bonchev–Trinajstić information content (AvgIpc) is 4.04. The Labute approximate surface area is 365 Å². The van der Waals surface area contributed by atoms with E-state index in [1.54, 1.807) is 11.1 Å². The van der Waals surface area contributed by atoms with Crippen molar-refractivity contribution in [2.45, 2.75) is 63.2 Å². The van der Waals surface area contributed by atoms with Crippen molar-refractivity contribution in [2.24, 2.45) is 11.8 Å². The maximum Gasteiger partial charge on any atom is 0.135 e. The third-order valence-electron chi connectivity index (χ3n) is 14.9. The minimum Gasteiger partial charge on any atom is -0.456 e. The smallest absolute Gasteiger partial charge is 0.135 e. The van der Waals surface area contributed by atoms with Gasteiger partial charge in [0.25, 0.3) is 0 Å². The van der Waals surface area contributed by atoms with Gasteiger partial charge in [0.15, 0.2) is 0 Å². The van der Waals surface area contributed by atoms with E-state index < -0.39 is 0 Å². The normalized spacial score (nSPS) is 19.3. The standard InChI is InChI=1S/C60H51NO/c1-59(2,3)45-31-28-40(29-32-45)39-24-26-41(27-25-39)56(42-30-35-51-50-20-10-11-23-54(50)62-55(51)38-42)52-21-12-14-43-36-46-33-34-47-37-44-15-13-22-53(58(44)60(46,47)57(43)52)61(48-16-6-4-7-17-48)49-18-8-5-9-19-49/h4-32,35,38,46-47,56H,33-34,36-37H2,1-3H3. The lowest BCUT2D eigenvalue weighted by Gasteiger charge is -2.39.